The summed E-state index contributed by atoms with van der Waals surface area (Å²) in [6, 6.07) is 12.5. The van der Waals surface area contributed by atoms with E-state index in [-0.39, 0.29) is 24.0 Å². The van der Waals surface area contributed by atoms with E-state index in [1.54, 1.807) is 6.07 Å². The van der Waals surface area contributed by atoms with Crippen molar-refractivity contribution in [1.82, 2.24) is 4.90 Å². The van der Waals surface area contributed by atoms with Crippen molar-refractivity contribution in [3.05, 3.63) is 58.6 Å². The normalized spacial score (nSPS) is 10.3. The van der Waals surface area contributed by atoms with Crippen LogP contribution in [-0.4, -0.2) is 44.1 Å². The third kappa shape index (κ3) is 5.63. The molecule has 0 aliphatic rings. The van der Waals surface area contributed by atoms with Crippen LogP contribution in [-0.2, 0) is 16.1 Å². The van der Waals surface area contributed by atoms with Crippen LogP contribution < -0.4 is 9.47 Å². The molecule has 0 N–H and O–H groups in total. The Kier molecular flexibility index (Phi) is 8.14. The van der Waals surface area contributed by atoms with E-state index >= 15 is 0 Å². The number of ether oxygens (including phenoxy) is 3. The molecule has 0 fully saturated rings. The molecule has 0 aliphatic heterocycles. The Morgan fingerprint density at radius 1 is 1.11 bits per heavy atom. The van der Waals surface area contributed by atoms with Crippen LogP contribution in [0.3, 0.4) is 0 Å². The minimum Gasteiger partial charge on any atom is -0.493 e. The lowest BCUT2D eigenvalue weighted by atomic mass is 10.1. The van der Waals surface area contributed by atoms with Crippen LogP contribution in [0.5, 0.6) is 11.5 Å². The molecule has 2 aromatic rings. The van der Waals surface area contributed by atoms with Crippen LogP contribution in [0.25, 0.3) is 0 Å². The van der Waals surface area contributed by atoms with Gasteiger partial charge in [-0.2, -0.15) is 0 Å². The van der Waals surface area contributed by atoms with Crippen molar-refractivity contribution in [1.29, 1.82) is 0 Å². The zero-order valence-corrected chi connectivity index (χ0v) is 17.0. The molecule has 0 unspecified atom stereocenters. The summed E-state index contributed by atoms with van der Waals surface area (Å²) in [5.74, 6) is -0.117. The van der Waals surface area contributed by atoms with Crippen molar-refractivity contribution in [2.45, 2.75) is 19.9 Å². The minimum atomic E-state index is -0.509. The molecule has 0 saturated heterocycles. The molecule has 150 valence electrons. The number of rotatable bonds is 9. The maximum absolute atomic E-state index is 13.1. The lowest BCUT2D eigenvalue weighted by molar-refractivity contribution is -0.141. The summed E-state index contributed by atoms with van der Waals surface area (Å²) in [5, 5.41) is 0.272. The van der Waals surface area contributed by atoms with Gasteiger partial charge in [0.15, 0.2) is 11.5 Å². The number of halogens is 1. The minimum absolute atomic E-state index is 0.182. The van der Waals surface area contributed by atoms with E-state index in [0.717, 1.165) is 12.0 Å². The van der Waals surface area contributed by atoms with Crippen molar-refractivity contribution in [3.8, 4) is 11.5 Å². The van der Waals surface area contributed by atoms with Gasteiger partial charge in [-0.05, 0) is 24.1 Å². The third-order valence-corrected chi connectivity index (χ3v) is 4.26. The van der Waals surface area contributed by atoms with Gasteiger partial charge in [0.25, 0.3) is 5.91 Å². The number of amides is 1. The van der Waals surface area contributed by atoms with Crippen LogP contribution >= 0.6 is 11.6 Å². The van der Waals surface area contributed by atoms with Gasteiger partial charge >= 0.3 is 5.97 Å². The number of nitrogens with zero attached hydrogens (tertiary/aromatic N) is 1. The van der Waals surface area contributed by atoms with E-state index in [4.69, 9.17) is 25.8 Å². The number of carbonyl (C=O) groups excluding carboxylic acids is 2. The third-order valence-electron chi connectivity index (χ3n) is 3.98. The molecule has 0 aliphatic carbocycles. The van der Waals surface area contributed by atoms with Gasteiger partial charge in [-0.25, -0.2) is 0 Å². The summed E-state index contributed by atoms with van der Waals surface area (Å²) in [6.45, 7) is 2.53. The monoisotopic (exact) mass is 405 g/mol. The van der Waals surface area contributed by atoms with E-state index < -0.39 is 5.97 Å². The highest BCUT2D eigenvalue weighted by Crippen LogP contribution is 2.37. The molecule has 0 radical (unpaired) electrons. The van der Waals surface area contributed by atoms with E-state index in [1.807, 2.05) is 37.3 Å². The highest BCUT2D eigenvalue weighted by Gasteiger charge is 2.23. The molecule has 0 spiro atoms. The largest absolute Gasteiger partial charge is 0.493 e. The van der Waals surface area contributed by atoms with Crippen molar-refractivity contribution in [2.24, 2.45) is 0 Å². The van der Waals surface area contributed by atoms with Gasteiger partial charge in [-0.3, -0.25) is 9.59 Å². The molecule has 1 amide bonds. The first-order chi connectivity index (χ1) is 13.5. The fourth-order valence-corrected chi connectivity index (χ4v) is 2.86. The zero-order chi connectivity index (χ0) is 20.5. The molecule has 28 heavy (non-hydrogen) atoms. The van der Waals surface area contributed by atoms with Gasteiger partial charge in [0.2, 0.25) is 0 Å². The second kappa shape index (κ2) is 10.6. The fraction of sp³-hybridized carbons (Fsp3) is 0.333. The van der Waals surface area contributed by atoms with E-state index in [2.05, 4.69) is 0 Å². The maximum atomic E-state index is 13.1. The number of hydrogen-bond acceptors (Lipinski definition) is 5. The first-order valence-electron chi connectivity index (χ1n) is 8.90. The van der Waals surface area contributed by atoms with E-state index in [1.165, 1.54) is 25.2 Å². The Labute approximate surface area is 169 Å². The summed E-state index contributed by atoms with van der Waals surface area (Å²) < 4.78 is 15.7. The molecule has 0 heterocycles. The Morgan fingerprint density at radius 3 is 2.43 bits per heavy atom. The van der Waals surface area contributed by atoms with Gasteiger partial charge in [0, 0.05) is 12.1 Å². The molecule has 0 bridgehead atoms. The molecule has 7 heteroatoms. The summed E-state index contributed by atoms with van der Waals surface area (Å²) in [6.07, 6.45) is 0.810. The Hall–Kier alpha value is -2.73. The molecule has 0 atom stereocenters. The zero-order valence-electron chi connectivity index (χ0n) is 16.2. The highest BCUT2D eigenvalue weighted by molar-refractivity contribution is 6.32. The van der Waals surface area contributed by atoms with Crippen LogP contribution in [0.15, 0.2) is 42.5 Å². The highest BCUT2D eigenvalue weighted by atomic mass is 35.5. The predicted molar refractivity (Wildman–Crippen MR) is 107 cm³/mol. The summed E-state index contributed by atoms with van der Waals surface area (Å²) in [5.41, 5.74) is 1.19. The Bertz CT molecular complexity index is 810. The quantitative estimate of drug-likeness (QED) is 0.591. The number of esters is 1. The van der Waals surface area contributed by atoms with Gasteiger partial charge in [0.05, 0.1) is 25.8 Å². The lowest BCUT2D eigenvalue weighted by Gasteiger charge is -2.22. The first-order valence-corrected chi connectivity index (χ1v) is 9.28. The lowest BCUT2D eigenvalue weighted by Crippen LogP contribution is -2.35. The number of methoxy groups -OCH3 is 2. The Morgan fingerprint density at radius 2 is 1.82 bits per heavy atom. The van der Waals surface area contributed by atoms with Crippen molar-refractivity contribution >= 4 is 23.5 Å². The van der Waals surface area contributed by atoms with Gasteiger partial charge in [0.1, 0.15) is 6.54 Å². The Balaban J connectivity index is 2.34. The van der Waals surface area contributed by atoms with Crippen molar-refractivity contribution in [2.75, 3.05) is 27.4 Å². The molecule has 0 saturated carbocycles. The molecule has 2 aromatic carbocycles. The van der Waals surface area contributed by atoms with Crippen LogP contribution in [0, 0.1) is 0 Å². The van der Waals surface area contributed by atoms with Crippen molar-refractivity contribution < 1.29 is 23.8 Å². The molecular weight excluding hydrogens is 382 g/mol. The van der Waals surface area contributed by atoms with Gasteiger partial charge in [-0.1, -0.05) is 48.9 Å². The van der Waals surface area contributed by atoms with E-state index in [0.29, 0.717) is 23.7 Å². The van der Waals surface area contributed by atoms with Gasteiger partial charge < -0.3 is 19.1 Å². The first kappa shape index (κ1) is 21.6. The van der Waals surface area contributed by atoms with Crippen molar-refractivity contribution in [3.63, 3.8) is 0 Å². The predicted octanol–water partition coefficient (Wildman–Crippen LogP) is 3.95. The van der Waals surface area contributed by atoms with E-state index in [9.17, 15) is 9.59 Å². The maximum Gasteiger partial charge on any atom is 0.325 e. The standard InChI is InChI=1S/C21H24ClNO5/c1-4-10-28-20-17(22)11-16(12-18(20)26-2)21(25)23(14-19(24)27-3)13-15-8-6-5-7-9-15/h5-9,11-12H,4,10,13-14H2,1-3H3. The average Bonchev–Trinajstić information content (AvgIpc) is 2.71. The van der Waals surface area contributed by atoms with Gasteiger partial charge in [-0.15, -0.1) is 0 Å². The smallest absolute Gasteiger partial charge is 0.325 e. The second-order valence-electron chi connectivity index (χ2n) is 6.06. The van der Waals surface area contributed by atoms with Crippen LogP contribution in [0.4, 0.5) is 0 Å². The average molecular weight is 406 g/mol. The topological polar surface area (TPSA) is 65.1 Å². The number of benzene rings is 2. The summed E-state index contributed by atoms with van der Waals surface area (Å²) in [7, 11) is 2.77. The van der Waals surface area contributed by atoms with Crippen LogP contribution in [0.1, 0.15) is 29.3 Å². The van der Waals surface area contributed by atoms with Crippen LogP contribution in [0.2, 0.25) is 5.02 Å². The summed E-state index contributed by atoms with van der Waals surface area (Å²) in [4.78, 5) is 26.3. The fourth-order valence-electron chi connectivity index (χ4n) is 2.59. The molecular formula is C21H24ClNO5. The number of carbonyl (C=O) groups is 2. The molecule has 6 nitrogen and oxygen atoms in total. The summed E-state index contributed by atoms with van der Waals surface area (Å²) >= 11 is 6.32. The molecule has 2 rings (SSSR count). The second-order valence-corrected chi connectivity index (χ2v) is 6.47. The SMILES string of the molecule is CCCOc1c(Cl)cc(C(=O)N(CC(=O)OC)Cc2ccccc2)cc1OC. The molecule has 0 aromatic heterocycles. The number of hydrogen-bond donors (Lipinski definition) is 0.